The number of sulfonamides is 1. The van der Waals surface area contributed by atoms with Gasteiger partial charge in [0, 0.05) is 6.04 Å². The summed E-state index contributed by atoms with van der Waals surface area (Å²) in [7, 11) is -2.77. The van der Waals surface area contributed by atoms with Crippen LogP contribution in [0.2, 0.25) is 5.02 Å². The summed E-state index contributed by atoms with van der Waals surface area (Å²) in [4.78, 5) is 11.5. The molecule has 1 heterocycles. The number of nitrogens with one attached hydrogen (secondary N) is 1. The van der Waals surface area contributed by atoms with Crippen molar-refractivity contribution < 1.29 is 27.4 Å². The molecule has 7 nitrogen and oxygen atoms in total. The second-order valence-corrected chi connectivity index (χ2v) is 7.97. The molecule has 0 aromatic heterocycles. The first-order chi connectivity index (χ1) is 12.8. The Labute approximate surface area is 162 Å². The molecule has 0 aliphatic carbocycles. The Morgan fingerprint density at radius 1 is 1.15 bits per heavy atom. The first-order valence-electron chi connectivity index (χ1n) is 8.11. The maximum atomic E-state index is 12.8. The minimum atomic E-state index is -3.99. The van der Waals surface area contributed by atoms with Gasteiger partial charge in [-0.15, -0.1) is 0 Å². The van der Waals surface area contributed by atoms with Gasteiger partial charge in [0.2, 0.25) is 10.0 Å². The average molecular weight is 412 g/mol. The van der Waals surface area contributed by atoms with Gasteiger partial charge in [0.15, 0.2) is 11.5 Å². The van der Waals surface area contributed by atoms with E-state index in [2.05, 4.69) is 9.46 Å². The molecule has 0 radical (unpaired) electrons. The molecular weight excluding hydrogens is 394 g/mol. The summed E-state index contributed by atoms with van der Waals surface area (Å²) in [5.41, 5.74) is 0.789. The predicted molar refractivity (Wildman–Crippen MR) is 99.0 cm³/mol. The summed E-state index contributed by atoms with van der Waals surface area (Å²) < 4.78 is 43.7. The Bertz CT molecular complexity index is 976. The molecule has 27 heavy (non-hydrogen) atoms. The van der Waals surface area contributed by atoms with E-state index in [-0.39, 0.29) is 15.5 Å². The van der Waals surface area contributed by atoms with Crippen molar-refractivity contribution in [2.24, 2.45) is 0 Å². The molecule has 9 heteroatoms. The SMILES string of the molecule is COC(=O)c1ccc(Cl)c(S(=O)(=O)N[C@@H](C)c2ccc3c(c2)OCCO3)c1. The van der Waals surface area contributed by atoms with Crippen molar-refractivity contribution in [2.75, 3.05) is 20.3 Å². The van der Waals surface area contributed by atoms with Crippen LogP contribution in [-0.2, 0) is 14.8 Å². The monoisotopic (exact) mass is 411 g/mol. The van der Waals surface area contributed by atoms with Crippen molar-refractivity contribution in [3.05, 3.63) is 52.5 Å². The van der Waals surface area contributed by atoms with Gasteiger partial charge in [-0.3, -0.25) is 0 Å². The minimum absolute atomic E-state index is 0.00419. The van der Waals surface area contributed by atoms with E-state index in [1.54, 1.807) is 25.1 Å². The smallest absolute Gasteiger partial charge is 0.337 e. The number of ether oxygens (including phenoxy) is 3. The Kier molecular flexibility index (Phi) is 5.59. The molecule has 0 fully saturated rings. The number of carbonyl (C=O) groups excluding carboxylic acids is 1. The van der Waals surface area contributed by atoms with Crippen LogP contribution in [0, 0.1) is 0 Å². The molecule has 0 saturated heterocycles. The standard InChI is InChI=1S/C18H18ClNO6S/c1-11(12-4-6-15-16(9-12)26-8-7-25-15)20-27(22,23)17-10-13(18(21)24-2)3-5-14(17)19/h3-6,9-11,20H,7-8H2,1-2H3/t11-/m0/s1. The third-order valence-electron chi connectivity index (χ3n) is 4.04. The van der Waals surface area contributed by atoms with Gasteiger partial charge in [0.25, 0.3) is 0 Å². The van der Waals surface area contributed by atoms with Crippen LogP contribution in [0.1, 0.15) is 28.9 Å². The minimum Gasteiger partial charge on any atom is -0.486 e. The highest BCUT2D eigenvalue weighted by atomic mass is 35.5. The van der Waals surface area contributed by atoms with E-state index < -0.39 is 22.0 Å². The van der Waals surface area contributed by atoms with Gasteiger partial charge < -0.3 is 14.2 Å². The largest absolute Gasteiger partial charge is 0.486 e. The maximum Gasteiger partial charge on any atom is 0.337 e. The lowest BCUT2D eigenvalue weighted by molar-refractivity contribution is 0.0600. The zero-order valence-corrected chi connectivity index (χ0v) is 16.3. The topological polar surface area (TPSA) is 90.9 Å². The van der Waals surface area contributed by atoms with E-state index in [9.17, 15) is 13.2 Å². The summed E-state index contributed by atoms with van der Waals surface area (Å²) in [6.45, 7) is 2.61. The van der Waals surface area contributed by atoms with Crippen LogP contribution in [0.3, 0.4) is 0 Å². The van der Waals surface area contributed by atoms with E-state index in [1.165, 1.54) is 25.3 Å². The molecule has 0 amide bonds. The van der Waals surface area contributed by atoms with E-state index in [1.807, 2.05) is 0 Å². The maximum absolute atomic E-state index is 12.8. The van der Waals surface area contributed by atoms with Crippen LogP contribution >= 0.6 is 11.6 Å². The first kappa shape index (κ1) is 19.5. The van der Waals surface area contributed by atoms with Gasteiger partial charge in [-0.05, 0) is 42.8 Å². The molecule has 1 aliphatic heterocycles. The summed E-state index contributed by atoms with van der Waals surface area (Å²) in [5.74, 6) is 0.535. The quantitative estimate of drug-likeness (QED) is 0.760. The van der Waals surface area contributed by atoms with Crippen LogP contribution in [0.4, 0.5) is 0 Å². The Balaban J connectivity index is 1.87. The van der Waals surface area contributed by atoms with Gasteiger partial charge in [0.05, 0.1) is 17.7 Å². The van der Waals surface area contributed by atoms with Gasteiger partial charge in [-0.2, -0.15) is 0 Å². The summed E-state index contributed by atoms with van der Waals surface area (Å²) in [6.07, 6.45) is 0. The Hall–Kier alpha value is -2.29. The molecule has 1 N–H and O–H groups in total. The summed E-state index contributed by atoms with van der Waals surface area (Å²) in [6, 6.07) is 8.59. The number of halogens is 1. The molecule has 1 aliphatic rings. The number of fused-ring (bicyclic) bond motifs is 1. The second-order valence-electron chi connectivity index (χ2n) is 5.88. The number of hydrogen-bond donors (Lipinski definition) is 1. The fourth-order valence-electron chi connectivity index (χ4n) is 2.65. The molecule has 0 spiro atoms. The van der Waals surface area contributed by atoms with Gasteiger partial charge in [-0.1, -0.05) is 17.7 Å². The average Bonchev–Trinajstić information content (AvgIpc) is 2.66. The highest BCUT2D eigenvalue weighted by Gasteiger charge is 2.24. The lowest BCUT2D eigenvalue weighted by Gasteiger charge is -2.21. The van der Waals surface area contributed by atoms with Crippen molar-refractivity contribution in [1.82, 2.24) is 4.72 Å². The van der Waals surface area contributed by atoms with Crippen molar-refractivity contribution in [3.63, 3.8) is 0 Å². The molecule has 0 saturated carbocycles. The third-order valence-corrected chi connectivity index (χ3v) is 6.06. The van der Waals surface area contributed by atoms with E-state index in [4.69, 9.17) is 21.1 Å². The molecule has 3 rings (SSSR count). The Morgan fingerprint density at radius 3 is 2.56 bits per heavy atom. The lowest BCUT2D eigenvalue weighted by Crippen LogP contribution is -2.27. The van der Waals surface area contributed by atoms with E-state index in [0.29, 0.717) is 30.3 Å². The van der Waals surface area contributed by atoms with Crippen molar-refractivity contribution >= 4 is 27.6 Å². The number of hydrogen-bond acceptors (Lipinski definition) is 6. The highest BCUT2D eigenvalue weighted by molar-refractivity contribution is 7.89. The van der Waals surface area contributed by atoms with Crippen molar-refractivity contribution in [1.29, 1.82) is 0 Å². The molecule has 2 aromatic rings. The van der Waals surface area contributed by atoms with Crippen molar-refractivity contribution in [2.45, 2.75) is 17.9 Å². The fourth-order valence-corrected chi connectivity index (χ4v) is 4.41. The summed E-state index contributed by atoms with van der Waals surface area (Å²) >= 11 is 6.05. The van der Waals surface area contributed by atoms with Gasteiger partial charge in [-0.25, -0.2) is 17.9 Å². The number of rotatable bonds is 5. The van der Waals surface area contributed by atoms with Gasteiger partial charge in [0.1, 0.15) is 18.1 Å². The number of methoxy groups -OCH3 is 1. The highest BCUT2D eigenvalue weighted by Crippen LogP contribution is 2.33. The third kappa shape index (κ3) is 4.18. The van der Waals surface area contributed by atoms with Gasteiger partial charge >= 0.3 is 5.97 Å². The first-order valence-corrected chi connectivity index (χ1v) is 9.97. The number of benzene rings is 2. The zero-order valence-electron chi connectivity index (χ0n) is 14.7. The molecule has 1 atom stereocenters. The zero-order chi connectivity index (χ0) is 19.6. The molecular formula is C18H18ClNO6S. The van der Waals surface area contributed by atoms with Crippen LogP contribution < -0.4 is 14.2 Å². The van der Waals surface area contributed by atoms with E-state index in [0.717, 1.165) is 0 Å². The number of carbonyl (C=O) groups is 1. The van der Waals surface area contributed by atoms with Crippen LogP contribution in [0.25, 0.3) is 0 Å². The Morgan fingerprint density at radius 2 is 1.85 bits per heavy atom. The van der Waals surface area contributed by atoms with Crippen LogP contribution in [0.15, 0.2) is 41.3 Å². The molecule has 2 aromatic carbocycles. The second kappa shape index (κ2) is 7.75. The fraction of sp³-hybridized carbons (Fsp3) is 0.278. The normalized spacial score (nSPS) is 14.5. The predicted octanol–water partition coefficient (Wildman–Crippen LogP) is 2.94. The van der Waals surface area contributed by atoms with Crippen LogP contribution in [-0.4, -0.2) is 34.7 Å². The van der Waals surface area contributed by atoms with Crippen LogP contribution in [0.5, 0.6) is 11.5 Å². The molecule has 144 valence electrons. The van der Waals surface area contributed by atoms with Crippen molar-refractivity contribution in [3.8, 4) is 11.5 Å². The lowest BCUT2D eigenvalue weighted by atomic mass is 10.1. The molecule has 0 bridgehead atoms. The molecule has 0 unspecified atom stereocenters. The summed E-state index contributed by atoms with van der Waals surface area (Å²) in [5, 5.41) is 0.00419. The number of esters is 1. The van der Waals surface area contributed by atoms with E-state index >= 15 is 0 Å².